The minimum Gasteiger partial charge on any atom is -0.493 e. The summed E-state index contributed by atoms with van der Waals surface area (Å²) in [6, 6.07) is 17.9. The number of nitrogens with one attached hydrogen (secondary N) is 1. The molecule has 0 aliphatic carbocycles. The maximum atomic E-state index is 13.7. The van der Waals surface area contributed by atoms with E-state index in [9.17, 15) is 14.9 Å². The van der Waals surface area contributed by atoms with Crippen molar-refractivity contribution in [3.05, 3.63) is 76.3 Å². The van der Waals surface area contributed by atoms with Crippen LogP contribution in [0.4, 0.5) is 11.4 Å². The van der Waals surface area contributed by atoms with Gasteiger partial charge >= 0.3 is 0 Å². The Balaban J connectivity index is 1.67. The average molecular weight is 449 g/mol. The van der Waals surface area contributed by atoms with Gasteiger partial charge in [-0.25, -0.2) is 0 Å². The second-order valence-electron chi connectivity index (χ2n) is 8.81. The number of rotatable bonds is 7. The first-order valence-electron chi connectivity index (χ1n) is 11.2. The number of fused-ring (bicyclic) bond motifs is 1. The summed E-state index contributed by atoms with van der Waals surface area (Å²) in [7, 11) is 0. The van der Waals surface area contributed by atoms with Crippen LogP contribution >= 0.6 is 0 Å². The summed E-state index contributed by atoms with van der Waals surface area (Å²) in [5, 5.41) is 16.1. The lowest BCUT2D eigenvalue weighted by Crippen LogP contribution is -2.44. The third-order valence-corrected chi connectivity index (χ3v) is 6.12. The Morgan fingerprint density at radius 2 is 1.73 bits per heavy atom. The number of anilines is 1. The molecule has 7 heteroatoms. The highest BCUT2D eigenvalue weighted by Crippen LogP contribution is 2.38. The van der Waals surface area contributed by atoms with Crippen LogP contribution in [-0.2, 0) is 14.9 Å². The minimum atomic E-state index is -0.818. The molecule has 0 radical (unpaired) electrons. The van der Waals surface area contributed by atoms with Gasteiger partial charge in [0.25, 0.3) is 5.69 Å². The quantitative estimate of drug-likeness (QED) is 0.382. The fraction of sp³-hybridized carbons (Fsp3) is 0.346. The number of benzene rings is 3. The van der Waals surface area contributed by atoms with Crippen molar-refractivity contribution in [2.24, 2.45) is 5.92 Å². The van der Waals surface area contributed by atoms with Crippen molar-refractivity contribution >= 4 is 28.1 Å². The van der Waals surface area contributed by atoms with E-state index in [1.807, 2.05) is 36.4 Å². The highest BCUT2D eigenvalue weighted by molar-refractivity contribution is 6.07. The summed E-state index contributed by atoms with van der Waals surface area (Å²) in [6.07, 6.45) is 1.01. The standard InChI is InChI=1S/C26H28N2O5/c1-18(2)17-33-24-12-11-23(21-5-3-4-6-22(21)24)27-25(29)26(13-15-32-16-14-26)19-7-9-20(10-8-19)28(30)31/h3-12,18H,13-17H2,1-2H3,(H,27,29). The van der Waals surface area contributed by atoms with Crippen molar-refractivity contribution in [3.63, 3.8) is 0 Å². The number of carbonyl (C=O) groups is 1. The molecule has 33 heavy (non-hydrogen) atoms. The number of ether oxygens (including phenoxy) is 2. The number of hydrogen-bond acceptors (Lipinski definition) is 5. The lowest BCUT2D eigenvalue weighted by atomic mass is 9.73. The fourth-order valence-corrected chi connectivity index (χ4v) is 4.27. The summed E-state index contributed by atoms with van der Waals surface area (Å²) in [5.74, 6) is 1.05. The van der Waals surface area contributed by atoms with Gasteiger partial charge in [0.2, 0.25) is 5.91 Å². The molecule has 3 aromatic carbocycles. The fourth-order valence-electron chi connectivity index (χ4n) is 4.27. The molecule has 0 atom stereocenters. The van der Waals surface area contributed by atoms with Crippen LogP contribution in [-0.4, -0.2) is 30.7 Å². The molecule has 1 fully saturated rings. The number of nitro groups is 1. The zero-order valence-electron chi connectivity index (χ0n) is 18.9. The first-order chi connectivity index (χ1) is 15.9. The van der Waals surface area contributed by atoms with Gasteiger partial charge in [-0.05, 0) is 36.5 Å². The Hall–Kier alpha value is -3.45. The molecule has 7 nitrogen and oxygen atoms in total. The van der Waals surface area contributed by atoms with Gasteiger partial charge in [-0.3, -0.25) is 14.9 Å². The molecule has 3 aromatic rings. The molecule has 4 rings (SSSR count). The molecule has 1 N–H and O–H groups in total. The number of nitro benzene ring substituents is 1. The van der Waals surface area contributed by atoms with Crippen LogP contribution in [0.25, 0.3) is 10.8 Å². The summed E-state index contributed by atoms with van der Waals surface area (Å²) >= 11 is 0. The number of carbonyl (C=O) groups excluding carboxylic acids is 1. The third-order valence-electron chi connectivity index (χ3n) is 6.12. The normalized spacial score (nSPS) is 15.4. The van der Waals surface area contributed by atoms with Crippen LogP contribution in [0.2, 0.25) is 0 Å². The second-order valence-corrected chi connectivity index (χ2v) is 8.81. The molecule has 0 unspecified atom stereocenters. The van der Waals surface area contributed by atoms with Crippen molar-refractivity contribution in [1.82, 2.24) is 0 Å². The van der Waals surface area contributed by atoms with Gasteiger partial charge in [-0.2, -0.15) is 0 Å². The third kappa shape index (κ3) is 4.68. The van der Waals surface area contributed by atoms with E-state index in [2.05, 4.69) is 19.2 Å². The molecule has 1 aliphatic heterocycles. The van der Waals surface area contributed by atoms with Gasteiger partial charge in [0, 0.05) is 41.8 Å². The first kappa shape index (κ1) is 22.7. The smallest absolute Gasteiger partial charge is 0.269 e. The van der Waals surface area contributed by atoms with Crippen LogP contribution in [0.15, 0.2) is 60.7 Å². The van der Waals surface area contributed by atoms with Crippen molar-refractivity contribution in [2.75, 3.05) is 25.1 Å². The Labute approximate surface area is 192 Å². The van der Waals surface area contributed by atoms with Gasteiger partial charge < -0.3 is 14.8 Å². The maximum absolute atomic E-state index is 13.7. The lowest BCUT2D eigenvalue weighted by Gasteiger charge is -2.36. The highest BCUT2D eigenvalue weighted by atomic mass is 16.6. The largest absolute Gasteiger partial charge is 0.493 e. The second kappa shape index (κ2) is 9.58. The molecule has 0 aromatic heterocycles. The molecule has 1 amide bonds. The molecule has 172 valence electrons. The average Bonchev–Trinajstić information content (AvgIpc) is 2.84. The van der Waals surface area contributed by atoms with Crippen LogP contribution in [0.5, 0.6) is 5.75 Å². The first-order valence-corrected chi connectivity index (χ1v) is 11.2. The van der Waals surface area contributed by atoms with E-state index in [1.165, 1.54) is 12.1 Å². The summed E-state index contributed by atoms with van der Waals surface area (Å²) in [6.45, 7) is 5.71. The van der Waals surface area contributed by atoms with Crippen molar-refractivity contribution in [1.29, 1.82) is 0 Å². The Morgan fingerprint density at radius 1 is 1.06 bits per heavy atom. The van der Waals surface area contributed by atoms with Gasteiger partial charge in [0.05, 0.1) is 16.9 Å². The van der Waals surface area contributed by atoms with Gasteiger partial charge in [-0.15, -0.1) is 0 Å². The lowest BCUT2D eigenvalue weighted by molar-refractivity contribution is -0.384. The van der Waals surface area contributed by atoms with E-state index < -0.39 is 10.3 Å². The van der Waals surface area contributed by atoms with Crippen LogP contribution < -0.4 is 10.1 Å². The monoisotopic (exact) mass is 448 g/mol. The van der Waals surface area contributed by atoms with E-state index in [-0.39, 0.29) is 11.6 Å². The molecule has 0 saturated carbocycles. The van der Waals surface area contributed by atoms with Gasteiger partial charge in [0.15, 0.2) is 0 Å². The molecule has 1 aliphatic rings. The van der Waals surface area contributed by atoms with Crippen molar-refractivity contribution in [3.8, 4) is 5.75 Å². The zero-order chi connectivity index (χ0) is 23.4. The zero-order valence-corrected chi connectivity index (χ0v) is 18.9. The maximum Gasteiger partial charge on any atom is 0.269 e. The molecule has 0 bridgehead atoms. The van der Waals surface area contributed by atoms with Gasteiger partial charge in [-0.1, -0.05) is 50.2 Å². The summed E-state index contributed by atoms with van der Waals surface area (Å²) < 4.78 is 11.5. The molecule has 1 saturated heterocycles. The Morgan fingerprint density at radius 3 is 2.36 bits per heavy atom. The topological polar surface area (TPSA) is 90.7 Å². The van der Waals surface area contributed by atoms with Crippen LogP contribution in [0.3, 0.4) is 0 Å². The molecular weight excluding hydrogens is 420 g/mol. The van der Waals surface area contributed by atoms with E-state index >= 15 is 0 Å². The minimum absolute atomic E-state index is 0.00403. The number of nitrogens with zero attached hydrogens (tertiary/aromatic N) is 1. The van der Waals surface area contributed by atoms with E-state index in [0.717, 1.165) is 22.1 Å². The Kier molecular flexibility index (Phi) is 6.60. The van der Waals surface area contributed by atoms with Crippen molar-refractivity contribution < 1.29 is 19.2 Å². The highest BCUT2D eigenvalue weighted by Gasteiger charge is 2.42. The molecule has 1 heterocycles. The van der Waals surface area contributed by atoms with Crippen molar-refractivity contribution in [2.45, 2.75) is 32.1 Å². The number of hydrogen-bond donors (Lipinski definition) is 1. The van der Waals surface area contributed by atoms with Gasteiger partial charge in [0.1, 0.15) is 5.75 Å². The Bertz CT molecular complexity index is 1150. The SMILES string of the molecule is CC(C)COc1ccc(NC(=O)C2(c3ccc([N+](=O)[O-])cc3)CCOCC2)c2ccccc12. The summed E-state index contributed by atoms with van der Waals surface area (Å²) in [5.41, 5.74) is 0.654. The van der Waals surface area contributed by atoms with Crippen LogP contribution in [0, 0.1) is 16.0 Å². The number of amides is 1. The molecular formula is C26H28N2O5. The van der Waals surface area contributed by atoms with Crippen LogP contribution in [0.1, 0.15) is 32.3 Å². The number of non-ortho nitro benzene ring substituents is 1. The summed E-state index contributed by atoms with van der Waals surface area (Å²) in [4.78, 5) is 24.4. The molecule has 0 spiro atoms. The van der Waals surface area contributed by atoms with E-state index in [0.29, 0.717) is 44.3 Å². The predicted octanol–water partition coefficient (Wildman–Crippen LogP) is 5.47. The van der Waals surface area contributed by atoms with E-state index in [4.69, 9.17) is 9.47 Å². The van der Waals surface area contributed by atoms with E-state index in [1.54, 1.807) is 12.1 Å². The predicted molar refractivity (Wildman–Crippen MR) is 128 cm³/mol.